The van der Waals surface area contributed by atoms with Crippen LogP contribution in [0.2, 0.25) is 0 Å². The summed E-state index contributed by atoms with van der Waals surface area (Å²) in [6.45, 7) is 2.86. The number of aryl methyl sites for hydroxylation is 1. The molecule has 0 fully saturated rings. The SMILES string of the molecule is Cc1nc(COc2cccc(C(=O)NCCCO)c2)cs1. The van der Waals surface area contributed by atoms with E-state index in [4.69, 9.17) is 9.84 Å². The maximum Gasteiger partial charge on any atom is 0.251 e. The van der Waals surface area contributed by atoms with E-state index in [1.165, 1.54) is 0 Å². The second-order valence-electron chi connectivity index (χ2n) is 4.51. The van der Waals surface area contributed by atoms with Crippen molar-refractivity contribution in [2.24, 2.45) is 0 Å². The topological polar surface area (TPSA) is 71.5 Å². The quantitative estimate of drug-likeness (QED) is 0.769. The Morgan fingerprint density at radius 1 is 1.48 bits per heavy atom. The van der Waals surface area contributed by atoms with Gasteiger partial charge in [0, 0.05) is 24.1 Å². The zero-order valence-corrected chi connectivity index (χ0v) is 12.7. The van der Waals surface area contributed by atoms with Gasteiger partial charge in [0.25, 0.3) is 5.91 Å². The number of amides is 1. The van der Waals surface area contributed by atoms with Gasteiger partial charge in [-0.25, -0.2) is 4.98 Å². The number of nitrogens with one attached hydrogen (secondary N) is 1. The van der Waals surface area contributed by atoms with Crippen LogP contribution in [0.1, 0.15) is 27.5 Å². The lowest BCUT2D eigenvalue weighted by Gasteiger charge is -2.07. The van der Waals surface area contributed by atoms with E-state index in [2.05, 4.69) is 10.3 Å². The molecule has 2 aromatic rings. The maximum atomic E-state index is 11.9. The number of hydrogen-bond donors (Lipinski definition) is 2. The van der Waals surface area contributed by atoms with Gasteiger partial charge in [0.1, 0.15) is 12.4 Å². The highest BCUT2D eigenvalue weighted by Gasteiger charge is 2.06. The predicted octanol–water partition coefficient (Wildman–Crippen LogP) is 2.14. The third kappa shape index (κ3) is 4.84. The molecule has 0 saturated heterocycles. The van der Waals surface area contributed by atoms with Gasteiger partial charge in [-0.3, -0.25) is 4.79 Å². The minimum absolute atomic E-state index is 0.0660. The Hall–Kier alpha value is -1.92. The molecule has 0 aliphatic rings. The molecule has 0 atom stereocenters. The van der Waals surface area contributed by atoms with Crippen molar-refractivity contribution < 1.29 is 14.6 Å². The molecule has 2 N–H and O–H groups in total. The fraction of sp³-hybridized carbons (Fsp3) is 0.333. The molecule has 0 aliphatic carbocycles. The van der Waals surface area contributed by atoms with Crippen LogP contribution in [0, 0.1) is 6.92 Å². The van der Waals surface area contributed by atoms with Crippen LogP contribution in [0.15, 0.2) is 29.6 Å². The molecule has 0 saturated carbocycles. The minimum Gasteiger partial charge on any atom is -0.487 e. The molecule has 0 aliphatic heterocycles. The van der Waals surface area contributed by atoms with E-state index in [1.807, 2.05) is 18.4 Å². The predicted molar refractivity (Wildman–Crippen MR) is 81.7 cm³/mol. The monoisotopic (exact) mass is 306 g/mol. The van der Waals surface area contributed by atoms with Crippen molar-refractivity contribution >= 4 is 17.2 Å². The van der Waals surface area contributed by atoms with Crippen LogP contribution in [0.25, 0.3) is 0 Å². The second-order valence-corrected chi connectivity index (χ2v) is 5.57. The summed E-state index contributed by atoms with van der Waals surface area (Å²) in [5, 5.41) is 14.4. The van der Waals surface area contributed by atoms with Gasteiger partial charge in [-0.05, 0) is 31.5 Å². The molecule has 1 aromatic heterocycles. The van der Waals surface area contributed by atoms with Gasteiger partial charge < -0.3 is 15.2 Å². The molecular weight excluding hydrogens is 288 g/mol. The number of nitrogens with zero attached hydrogens (tertiary/aromatic N) is 1. The first kappa shape index (κ1) is 15.5. The number of aromatic nitrogens is 1. The zero-order chi connectivity index (χ0) is 15.1. The van der Waals surface area contributed by atoms with Gasteiger partial charge in [-0.2, -0.15) is 0 Å². The number of aliphatic hydroxyl groups is 1. The van der Waals surface area contributed by atoms with Crippen LogP contribution in [0.4, 0.5) is 0 Å². The van der Waals surface area contributed by atoms with Crippen LogP contribution >= 0.6 is 11.3 Å². The van der Waals surface area contributed by atoms with Gasteiger partial charge in [0.15, 0.2) is 0 Å². The molecule has 1 amide bonds. The van der Waals surface area contributed by atoms with Gasteiger partial charge in [0.2, 0.25) is 0 Å². The van der Waals surface area contributed by atoms with Crippen molar-refractivity contribution in [3.05, 3.63) is 45.9 Å². The van der Waals surface area contributed by atoms with Crippen molar-refractivity contribution in [3.63, 3.8) is 0 Å². The van der Waals surface area contributed by atoms with Crippen molar-refractivity contribution in [2.75, 3.05) is 13.2 Å². The smallest absolute Gasteiger partial charge is 0.251 e. The van der Waals surface area contributed by atoms with Gasteiger partial charge in [-0.15, -0.1) is 11.3 Å². The molecule has 5 nitrogen and oxygen atoms in total. The molecule has 0 radical (unpaired) electrons. The lowest BCUT2D eigenvalue weighted by molar-refractivity contribution is 0.0950. The molecular formula is C15H18N2O3S. The Labute approximate surface area is 127 Å². The summed E-state index contributed by atoms with van der Waals surface area (Å²) in [4.78, 5) is 16.2. The first-order valence-corrected chi connectivity index (χ1v) is 7.60. The van der Waals surface area contributed by atoms with Crippen molar-refractivity contribution in [2.45, 2.75) is 20.0 Å². The van der Waals surface area contributed by atoms with E-state index in [0.717, 1.165) is 10.7 Å². The number of carbonyl (C=O) groups is 1. The summed E-state index contributed by atoms with van der Waals surface area (Å²) in [5.74, 6) is 0.467. The molecule has 1 heterocycles. The van der Waals surface area contributed by atoms with Crippen LogP contribution < -0.4 is 10.1 Å². The van der Waals surface area contributed by atoms with E-state index in [0.29, 0.717) is 30.9 Å². The van der Waals surface area contributed by atoms with Gasteiger partial charge >= 0.3 is 0 Å². The Morgan fingerprint density at radius 2 is 2.33 bits per heavy atom. The fourth-order valence-electron chi connectivity index (χ4n) is 1.74. The average Bonchev–Trinajstić information content (AvgIpc) is 2.91. The number of ether oxygens (including phenoxy) is 1. The minimum atomic E-state index is -0.168. The highest BCUT2D eigenvalue weighted by Crippen LogP contribution is 2.16. The molecule has 0 unspecified atom stereocenters. The summed E-state index contributed by atoms with van der Waals surface area (Å²) in [5.41, 5.74) is 1.43. The van der Waals surface area contributed by atoms with Crippen LogP contribution in [-0.2, 0) is 6.61 Å². The number of benzene rings is 1. The Morgan fingerprint density at radius 3 is 3.05 bits per heavy atom. The summed E-state index contributed by atoms with van der Waals surface area (Å²) in [6, 6.07) is 7.02. The third-order valence-electron chi connectivity index (χ3n) is 2.77. The van der Waals surface area contributed by atoms with Gasteiger partial charge in [0.05, 0.1) is 10.7 Å². The Kier molecular flexibility index (Phi) is 5.71. The number of carbonyl (C=O) groups excluding carboxylic acids is 1. The lowest BCUT2D eigenvalue weighted by Crippen LogP contribution is -2.24. The fourth-order valence-corrected chi connectivity index (χ4v) is 2.34. The summed E-state index contributed by atoms with van der Waals surface area (Å²) >= 11 is 1.58. The summed E-state index contributed by atoms with van der Waals surface area (Å²) in [6.07, 6.45) is 0.547. The van der Waals surface area contributed by atoms with E-state index in [1.54, 1.807) is 29.5 Å². The number of aliphatic hydroxyl groups excluding tert-OH is 1. The van der Waals surface area contributed by atoms with E-state index in [-0.39, 0.29) is 12.5 Å². The van der Waals surface area contributed by atoms with E-state index in [9.17, 15) is 4.79 Å². The molecule has 1 aromatic carbocycles. The van der Waals surface area contributed by atoms with E-state index < -0.39 is 0 Å². The highest BCUT2D eigenvalue weighted by molar-refractivity contribution is 7.09. The van der Waals surface area contributed by atoms with Gasteiger partial charge in [-0.1, -0.05) is 6.07 Å². The maximum absolute atomic E-state index is 11.9. The van der Waals surface area contributed by atoms with Crippen molar-refractivity contribution in [1.29, 1.82) is 0 Å². The third-order valence-corrected chi connectivity index (χ3v) is 3.59. The lowest BCUT2D eigenvalue weighted by atomic mass is 10.2. The number of thiazole rings is 1. The van der Waals surface area contributed by atoms with E-state index >= 15 is 0 Å². The first-order valence-electron chi connectivity index (χ1n) is 6.72. The van der Waals surface area contributed by atoms with Crippen LogP contribution in [0.3, 0.4) is 0 Å². The number of rotatable bonds is 7. The normalized spacial score (nSPS) is 10.4. The molecule has 0 bridgehead atoms. The summed E-state index contributed by atoms with van der Waals surface area (Å²) < 4.78 is 5.65. The first-order chi connectivity index (χ1) is 10.2. The highest BCUT2D eigenvalue weighted by atomic mass is 32.1. The molecule has 6 heteroatoms. The average molecular weight is 306 g/mol. The van der Waals surface area contributed by atoms with Crippen molar-refractivity contribution in [3.8, 4) is 5.75 Å². The standard InChI is InChI=1S/C15H18N2O3S/c1-11-17-13(10-21-11)9-20-14-5-2-4-12(8-14)15(19)16-6-3-7-18/h2,4-5,8,10,18H,3,6-7,9H2,1H3,(H,16,19). The molecule has 0 spiro atoms. The zero-order valence-electron chi connectivity index (χ0n) is 11.8. The van der Waals surface area contributed by atoms with Crippen LogP contribution in [0.5, 0.6) is 5.75 Å². The number of hydrogen-bond acceptors (Lipinski definition) is 5. The molecule has 112 valence electrons. The van der Waals surface area contributed by atoms with Crippen molar-refractivity contribution in [1.82, 2.24) is 10.3 Å². The molecule has 21 heavy (non-hydrogen) atoms. The molecule has 2 rings (SSSR count). The Bertz CT molecular complexity index is 598. The van der Waals surface area contributed by atoms with Crippen LogP contribution in [-0.4, -0.2) is 29.1 Å². The summed E-state index contributed by atoms with van der Waals surface area (Å²) in [7, 11) is 0. The Balaban J connectivity index is 1.92. The second kappa shape index (κ2) is 7.75. The largest absolute Gasteiger partial charge is 0.487 e.